The second-order valence-electron chi connectivity index (χ2n) is 4.77. The van der Waals surface area contributed by atoms with E-state index in [9.17, 15) is 9.59 Å². The normalized spacial score (nSPS) is 26.7. The summed E-state index contributed by atoms with van der Waals surface area (Å²) < 4.78 is 5.18. The number of amides is 2. The van der Waals surface area contributed by atoms with E-state index >= 15 is 0 Å². The first-order valence-corrected chi connectivity index (χ1v) is 6.10. The van der Waals surface area contributed by atoms with Crippen LogP contribution in [-0.2, 0) is 19.2 Å². The minimum absolute atomic E-state index is 0.128. The van der Waals surface area contributed by atoms with Gasteiger partial charge in [-0.05, 0) is 25.9 Å². The van der Waals surface area contributed by atoms with Crippen molar-refractivity contribution in [1.82, 2.24) is 16.1 Å². The zero-order chi connectivity index (χ0) is 13.0. The highest BCUT2D eigenvalue weighted by Gasteiger charge is 2.41. The van der Waals surface area contributed by atoms with Gasteiger partial charge in [-0.25, -0.2) is 5.48 Å². The topological polar surface area (TPSA) is 88.7 Å². The van der Waals surface area contributed by atoms with Crippen LogP contribution in [0.4, 0.5) is 0 Å². The molecule has 0 saturated carbocycles. The fourth-order valence-electron chi connectivity index (χ4n) is 2.38. The fourth-order valence-corrected chi connectivity index (χ4v) is 2.38. The molecule has 2 heterocycles. The van der Waals surface area contributed by atoms with Crippen molar-refractivity contribution in [3.63, 3.8) is 0 Å². The van der Waals surface area contributed by atoms with Gasteiger partial charge in [0.1, 0.15) is 12.6 Å². The minimum Gasteiger partial charge on any atom is -0.384 e. The Morgan fingerprint density at radius 3 is 2.83 bits per heavy atom. The van der Waals surface area contributed by atoms with Gasteiger partial charge in [0.2, 0.25) is 5.91 Å². The summed E-state index contributed by atoms with van der Waals surface area (Å²) in [7, 11) is 1.59. The number of carbonyl (C=O) groups is 2. The maximum Gasteiger partial charge on any atom is 0.268 e. The third-order valence-corrected chi connectivity index (χ3v) is 3.51. The lowest BCUT2D eigenvalue weighted by Gasteiger charge is -2.35. The third kappa shape index (κ3) is 2.63. The maximum absolute atomic E-state index is 12.4. The second-order valence-corrected chi connectivity index (χ2v) is 4.77. The highest BCUT2D eigenvalue weighted by Crippen LogP contribution is 2.29. The SMILES string of the molecule is COCC1(C(=O)N[C@@H]2CONC2=O)CCNCC1. The molecule has 3 N–H and O–H groups in total. The van der Waals surface area contributed by atoms with Gasteiger partial charge in [-0.2, -0.15) is 0 Å². The molecule has 1 atom stereocenters. The molecule has 0 aromatic carbocycles. The summed E-state index contributed by atoms with van der Waals surface area (Å²) >= 11 is 0. The Kier molecular flexibility index (Phi) is 4.15. The summed E-state index contributed by atoms with van der Waals surface area (Å²) in [5.41, 5.74) is 1.69. The molecular weight excluding hydrogens is 238 g/mol. The lowest BCUT2D eigenvalue weighted by atomic mass is 9.78. The summed E-state index contributed by atoms with van der Waals surface area (Å²) in [5.74, 6) is -0.429. The number of rotatable bonds is 4. The Balaban J connectivity index is 2.01. The summed E-state index contributed by atoms with van der Waals surface area (Å²) in [4.78, 5) is 28.5. The van der Waals surface area contributed by atoms with Gasteiger partial charge in [0.15, 0.2) is 0 Å². The van der Waals surface area contributed by atoms with Crippen LogP contribution >= 0.6 is 0 Å². The molecule has 2 amide bonds. The van der Waals surface area contributed by atoms with E-state index in [-0.39, 0.29) is 18.4 Å². The Bertz CT molecular complexity index is 323. The Labute approximate surface area is 106 Å². The molecule has 0 unspecified atom stereocenters. The molecule has 2 fully saturated rings. The van der Waals surface area contributed by atoms with Crippen molar-refractivity contribution in [3.8, 4) is 0 Å². The molecule has 2 rings (SSSR count). The molecule has 7 nitrogen and oxygen atoms in total. The van der Waals surface area contributed by atoms with Gasteiger partial charge in [-0.1, -0.05) is 0 Å². The average molecular weight is 257 g/mol. The van der Waals surface area contributed by atoms with Gasteiger partial charge < -0.3 is 15.4 Å². The molecule has 7 heteroatoms. The lowest BCUT2D eigenvalue weighted by Crippen LogP contribution is -2.54. The van der Waals surface area contributed by atoms with Crippen molar-refractivity contribution in [2.45, 2.75) is 18.9 Å². The number of hydroxylamine groups is 1. The lowest BCUT2D eigenvalue weighted by molar-refractivity contribution is -0.138. The van der Waals surface area contributed by atoms with E-state index in [1.54, 1.807) is 7.11 Å². The van der Waals surface area contributed by atoms with Crippen LogP contribution in [-0.4, -0.2) is 51.3 Å². The molecule has 2 saturated heterocycles. The number of hydrogen-bond donors (Lipinski definition) is 3. The van der Waals surface area contributed by atoms with Gasteiger partial charge in [-0.15, -0.1) is 0 Å². The molecule has 2 aliphatic rings. The number of nitrogens with one attached hydrogen (secondary N) is 3. The quantitative estimate of drug-likeness (QED) is 0.573. The van der Waals surface area contributed by atoms with E-state index < -0.39 is 11.5 Å². The van der Waals surface area contributed by atoms with Gasteiger partial charge in [0.05, 0.1) is 12.0 Å². The first-order chi connectivity index (χ1) is 8.68. The smallest absolute Gasteiger partial charge is 0.268 e. The van der Waals surface area contributed by atoms with Gasteiger partial charge in [0, 0.05) is 7.11 Å². The van der Waals surface area contributed by atoms with Crippen LogP contribution in [0.2, 0.25) is 0 Å². The van der Waals surface area contributed by atoms with E-state index in [4.69, 9.17) is 9.57 Å². The Hall–Kier alpha value is -1.18. The molecule has 18 heavy (non-hydrogen) atoms. The molecule has 0 aromatic rings. The van der Waals surface area contributed by atoms with Gasteiger partial charge >= 0.3 is 0 Å². The van der Waals surface area contributed by atoms with Crippen LogP contribution < -0.4 is 16.1 Å². The van der Waals surface area contributed by atoms with E-state index in [0.717, 1.165) is 13.1 Å². The van der Waals surface area contributed by atoms with Crippen molar-refractivity contribution in [1.29, 1.82) is 0 Å². The van der Waals surface area contributed by atoms with Crippen molar-refractivity contribution in [3.05, 3.63) is 0 Å². The van der Waals surface area contributed by atoms with Crippen LogP contribution in [0.1, 0.15) is 12.8 Å². The van der Waals surface area contributed by atoms with E-state index in [2.05, 4.69) is 16.1 Å². The van der Waals surface area contributed by atoms with Crippen molar-refractivity contribution >= 4 is 11.8 Å². The van der Waals surface area contributed by atoms with Gasteiger partial charge in [-0.3, -0.25) is 14.4 Å². The molecule has 2 aliphatic heterocycles. The molecule has 0 aliphatic carbocycles. The van der Waals surface area contributed by atoms with E-state index in [1.807, 2.05) is 0 Å². The first kappa shape index (κ1) is 13.3. The Morgan fingerprint density at radius 2 is 2.28 bits per heavy atom. The average Bonchev–Trinajstić information content (AvgIpc) is 2.76. The molecule has 0 aromatic heterocycles. The van der Waals surface area contributed by atoms with E-state index in [1.165, 1.54) is 0 Å². The molecule has 102 valence electrons. The predicted molar refractivity (Wildman–Crippen MR) is 62.4 cm³/mol. The summed E-state index contributed by atoms with van der Waals surface area (Å²) in [5, 5.41) is 5.96. The molecule has 0 bridgehead atoms. The molecular formula is C11H19N3O4. The van der Waals surface area contributed by atoms with E-state index in [0.29, 0.717) is 19.4 Å². The molecule has 0 radical (unpaired) electrons. The zero-order valence-electron chi connectivity index (χ0n) is 10.5. The highest BCUT2D eigenvalue weighted by atomic mass is 16.7. The number of piperidine rings is 1. The minimum atomic E-state index is -0.596. The Morgan fingerprint density at radius 1 is 1.56 bits per heavy atom. The third-order valence-electron chi connectivity index (χ3n) is 3.51. The van der Waals surface area contributed by atoms with Gasteiger partial charge in [0.25, 0.3) is 5.91 Å². The number of ether oxygens (including phenoxy) is 1. The van der Waals surface area contributed by atoms with Crippen LogP contribution in [0.5, 0.6) is 0 Å². The predicted octanol–water partition coefficient (Wildman–Crippen LogP) is -1.45. The summed E-state index contributed by atoms with van der Waals surface area (Å²) in [6.07, 6.45) is 1.42. The monoisotopic (exact) mass is 257 g/mol. The highest BCUT2D eigenvalue weighted by molar-refractivity contribution is 5.90. The van der Waals surface area contributed by atoms with Crippen LogP contribution in [0.3, 0.4) is 0 Å². The van der Waals surface area contributed by atoms with Crippen LogP contribution in [0, 0.1) is 5.41 Å². The summed E-state index contributed by atoms with van der Waals surface area (Å²) in [6.45, 7) is 2.11. The zero-order valence-corrected chi connectivity index (χ0v) is 10.5. The standard InChI is InChI=1S/C11H19N3O4/c1-17-7-11(2-4-12-5-3-11)10(16)13-8-6-18-14-9(8)15/h8,12H,2-7H2,1H3,(H,13,16)(H,14,15)/t8-/m1/s1. The van der Waals surface area contributed by atoms with Crippen LogP contribution in [0.25, 0.3) is 0 Å². The number of methoxy groups -OCH3 is 1. The number of hydrogen-bond acceptors (Lipinski definition) is 5. The van der Waals surface area contributed by atoms with Crippen molar-refractivity contribution in [2.75, 3.05) is 33.4 Å². The largest absolute Gasteiger partial charge is 0.384 e. The number of carbonyl (C=O) groups excluding carboxylic acids is 2. The first-order valence-electron chi connectivity index (χ1n) is 6.10. The van der Waals surface area contributed by atoms with Crippen molar-refractivity contribution < 1.29 is 19.2 Å². The summed E-state index contributed by atoms with van der Waals surface area (Å²) in [6, 6.07) is -0.596. The fraction of sp³-hybridized carbons (Fsp3) is 0.818. The maximum atomic E-state index is 12.4. The van der Waals surface area contributed by atoms with Crippen molar-refractivity contribution in [2.24, 2.45) is 5.41 Å². The second kappa shape index (κ2) is 5.64. The molecule has 0 spiro atoms. The van der Waals surface area contributed by atoms with Crippen LogP contribution in [0.15, 0.2) is 0 Å².